The fraction of sp³-hybridized carbons (Fsp3) is 0.500. The van der Waals surface area contributed by atoms with Crippen LogP contribution in [0.1, 0.15) is 6.92 Å². The van der Waals surface area contributed by atoms with Gasteiger partial charge in [0, 0.05) is 6.92 Å². The smallest absolute Gasteiger partial charge is 0.475 e. The number of alkyl halides is 3. The SMILES string of the molecule is CC#N.N.O.O.O=C(O)C(F)(F)F. The van der Waals surface area contributed by atoms with Crippen LogP contribution in [0.15, 0.2) is 0 Å². The van der Waals surface area contributed by atoms with Crippen molar-refractivity contribution in [2.24, 2.45) is 0 Å². The molecule has 0 spiro atoms. The summed E-state index contributed by atoms with van der Waals surface area (Å²) < 4.78 is 31.7. The Labute approximate surface area is 71.8 Å². The Morgan fingerprint density at radius 1 is 1.38 bits per heavy atom. The second kappa shape index (κ2) is 13.2. The molecule has 0 aromatic rings. The minimum Gasteiger partial charge on any atom is -0.475 e. The van der Waals surface area contributed by atoms with E-state index in [2.05, 4.69) is 0 Å². The minimum atomic E-state index is -5.08. The van der Waals surface area contributed by atoms with Crippen molar-refractivity contribution in [3.05, 3.63) is 0 Å². The maximum Gasteiger partial charge on any atom is 0.490 e. The molecule has 0 aromatic carbocycles. The number of halogens is 3. The van der Waals surface area contributed by atoms with E-state index >= 15 is 0 Å². The lowest BCUT2D eigenvalue weighted by Crippen LogP contribution is -2.21. The molecule has 0 aliphatic heterocycles. The molecule has 0 bridgehead atoms. The number of nitriles is 1. The van der Waals surface area contributed by atoms with Gasteiger partial charge in [-0.15, -0.1) is 0 Å². The summed E-state index contributed by atoms with van der Waals surface area (Å²) >= 11 is 0. The molecule has 0 aliphatic carbocycles. The second-order valence-electron chi connectivity index (χ2n) is 1.03. The maximum atomic E-state index is 10.6. The Balaban J connectivity index is -0.0000000320. The lowest BCUT2D eigenvalue weighted by molar-refractivity contribution is -0.192. The number of carboxylic acid groups (broad SMARTS) is 1. The molecule has 0 aromatic heterocycles. The zero-order valence-electron chi connectivity index (χ0n) is 6.64. The van der Waals surface area contributed by atoms with Gasteiger partial charge in [0.15, 0.2) is 0 Å². The third-order valence-corrected chi connectivity index (χ3v) is 0.243. The van der Waals surface area contributed by atoms with Crippen LogP contribution in [0.5, 0.6) is 0 Å². The summed E-state index contributed by atoms with van der Waals surface area (Å²) in [6, 6.07) is 1.75. The molecule has 8 N–H and O–H groups in total. The molecular formula is C4H11F3N2O4. The van der Waals surface area contributed by atoms with Crippen molar-refractivity contribution in [2.45, 2.75) is 13.1 Å². The van der Waals surface area contributed by atoms with Gasteiger partial charge in [0.05, 0.1) is 6.07 Å². The molecule has 9 heteroatoms. The van der Waals surface area contributed by atoms with Gasteiger partial charge < -0.3 is 22.2 Å². The largest absolute Gasteiger partial charge is 0.490 e. The first-order valence-corrected chi connectivity index (χ1v) is 1.97. The number of hydrogen-bond donors (Lipinski definition) is 2. The second-order valence-corrected chi connectivity index (χ2v) is 1.03. The fourth-order valence-electron chi connectivity index (χ4n) is 0. The number of aliphatic carboxylic acids is 1. The topological polar surface area (TPSA) is 159 Å². The molecule has 0 radical (unpaired) electrons. The van der Waals surface area contributed by atoms with Crippen molar-refractivity contribution in [1.29, 1.82) is 5.26 Å². The molecule has 0 rings (SSSR count). The van der Waals surface area contributed by atoms with Crippen LogP contribution in [-0.2, 0) is 4.79 Å². The highest BCUT2D eigenvalue weighted by Crippen LogP contribution is 2.13. The Hall–Kier alpha value is -1.37. The van der Waals surface area contributed by atoms with Gasteiger partial charge in [-0.05, 0) is 0 Å². The molecule has 0 saturated carbocycles. The average Bonchev–Trinajstić information content (AvgIpc) is 1.64. The zero-order chi connectivity index (χ0) is 8.78. The molecule has 0 unspecified atom stereocenters. The van der Waals surface area contributed by atoms with Crippen molar-refractivity contribution >= 4 is 5.97 Å². The number of nitrogens with zero attached hydrogens (tertiary/aromatic N) is 1. The highest BCUT2D eigenvalue weighted by atomic mass is 19.4. The summed E-state index contributed by atoms with van der Waals surface area (Å²) in [6.45, 7) is 1.43. The number of carbonyl (C=O) groups is 1. The van der Waals surface area contributed by atoms with E-state index in [1.165, 1.54) is 6.92 Å². The maximum absolute atomic E-state index is 10.6. The van der Waals surface area contributed by atoms with Crippen LogP contribution in [0.3, 0.4) is 0 Å². The predicted molar refractivity (Wildman–Crippen MR) is 37.2 cm³/mol. The monoisotopic (exact) mass is 208 g/mol. The Morgan fingerprint density at radius 2 is 1.46 bits per heavy atom. The van der Waals surface area contributed by atoms with Crippen LogP contribution in [0.4, 0.5) is 13.2 Å². The molecule has 0 atom stereocenters. The van der Waals surface area contributed by atoms with E-state index in [9.17, 15) is 13.2 Å². The average molecular weight is 208 g/mol. The Kier molecular flexibility index (Phi) is 30.4. The van der Waals surface area contributed by atoms with Gasteiger partial charge in [-0.1, -0.05) is 0 Å². The first-order chi connectivity index (χ1) is 4.36. The normalized spacial score (nSPS) is 6.69. The number of carboxylic acids is 1. The van der Waals surface area contributed by atoms with Crippen LogP contribution < -0.4 is 6.15 Å². The minimum absolute atomic E-state index is 0. The predicted octanol–water partition coefficient (Wildman–Crippen LogP) is -0.324. The molecule has 0 fully saturated rings. The Morgan fingerprint density at radius 3 is 1.46 bits per heavy atom. The number of rotatable bonds is 0. The van der Waals surface area contributed by atoms with Gasteiger partial charge >= 0.3 is 12.1 Å². The summed E-state index contributed by atoms with van der Waals surface area (Å²) in [6.07, 6.45) is -5.08. The molecule has 0 heterocycles. The van der Waals surface area contributed by atoms with E-state index in [0.717, 1.165) is 0 Å². The van der Waals surface area contributed by atoms with Gasteiger partial charge in [-0.25, -0.2) is 4.79 Å². The molecule has 0 amide bonds. The van der Waals surface area contributed by atoms with E-state index in [-0.39, 0.29) is 17.1 Å². The van der Waals surface area contributed by atoms with Crippen LogP contribution >= 0.6 is 0 Å². The van der Waals surface area contributed by atoms with Crippen molar-refractivity contribution in [2.75, 3.05) is 0 Å². The van der Waals surface area contributed by atoms with Crippen molar-refractivity contribution in [3.8, 4) is 6.07 Å². The van der Waals surface area contributed by atoms with E-state index in [4.69, 9.17) is 15.2 Å². The van der Waals surface area contributed by atoms with Crippen molar-refractivity contribution < 1.29 is 34.0 Å². The molecule has 13 heavy (non-hydrogen) atoms. The van der Waals surface area contributed by atoms with Gasteiger partial charge in [-0.2, -0.15) is 18.4 Å². The van der Waals surface area contributed by atoms with Crippen molar-refractivity contribution in [1.82, 2.24) is 6.15 Å². The van der Waals surface area contributed by atoms with Crippen LogP contribution in [0.2, 0.25) is 0 Å². The lowest BCUT2D eigenvalue weighted by Gasteiger charge is -1.93. The summed E-state index contributed by atoms with van der Waals surface area (Å²) in [4.78, 5) is 8.90. The zero-order valence-corrected chi connectivity index (χ0v) is 6.64. The van der Waals surface area contributed by atoms with E-state index in [1.54, 1.807) is 6.07 Å². The standard InChI is InChI=1S/C2HF3O2.C2H3N.H3N.2H2O/c3-2(4,5)1(6)7;1-2-3;;;/h(H,6,7);1H3;1H3;2*1H2. The summed E-state index contributed by atoms with van der Waals surface area (Å²) in [7, 11) is 0. The van der Waals surface area contributed by atoms with E-state index in [0.29, 0.717) is 0 Å². The third kappa shape index (κ3) is 36.9. The highest BCUT2D eigenvalue weighted by molar-refractivity contribution is 5.73. The molecule has 82 valence electrons. The van der Waals surface area contributed by atoms with E-state index < -0.39 is 12.1 Å². The van der Waals surface area contributed by atoms with Gasteiger partial charge in [0.1, 0.15) is 0 Å². The molecular weight excluding hydrogens is 197 g/mol. The van der Waals surface area contributed by atoms with Gasteiger partial charge in [-0.3, -0.25) is 0 Å². The van der Waals surface area contributed by atoms with Crippen LogP contribution in [-0.4, -0.2) is 28.2 Å². The highest BCUT2D eigenvalue weighted by Gasteiger charge is 2.38. The third-order valence-electron chi connectivity index (χ3n) is 0.243. The van der Waals surface area contributed by atoms with E-state index in [1.807, 2.05) is 0 Å². The molecule has 0 aliphatic rings. The van der Waals surface area contributed by atoms with Gasteiger partial charge in [0.25, 0.3) is 0 Å². The summed E-state index contributed by atoms with van der Waals surface area (Å²) in [5.74, 6) is -2.76. The quantitative estimate of drug-likeness (QED) is 0.558. The van der Waals surface area contributed by atoms with Crippen LogP contribution in [0, 0.1) is 11.3 Å². The summed E-state index contributed by atoms with van der Waals surface area (Å²) in [5, 5.41) is 14.4. The summed E-state index contributed by atoms with van der Waals surface area (Å²) in [5.41, 5.74) is 0. The first kappa shape index (κ1) is 29.9. The molecule has 0 saturated heterocycles. The fourth-order valence-corrected chi connectivity index (χ4v) is 0. The van der Waals surface area contributed by atoms with Crippen molar-refractivity contribution in [3.63, 3.8) is 0 Å². The van der Waals surface area contributed by atoms with Gasteiger partial charge in [0.2, 0.25) is 0 Å². The molecule has 6 nitrogen and oxygen atoms in total. The lowest BCUT2D eigenvalue weighted by atomic mass is 10.7. The van der Waals surface area contributed by atoms with Crippen LogP contribution in [0.25, 0.3) is 0 Å². The number of hydrogen-bond acceptors (Lipinski definition) is 3. The Bertz CT molecular complexity index is 152. The first-order valence-electron chi connectivity index (χ1n) is 1.97.